The second kappa shape index (κ2) is 6.43. The zero-order valence-electron chi connectivity index (χ0n) is 10.3. The molecule has 0 aromatic carbocycles. The summed E-state index contributed by atoms with van der Waals surface area (Å²) in [5.74, 6) is 0.114. The van der Waals surface area contributed by atoms with Gasteiger partial charge in [-0.25, -0.2) is 0 Å². The van der Waals surface area contributed by atoms with Crippen LogP contribution >= 0.6 is 0 Å². The molecule has 16 heavy (non-hydrogen) atoms. The maximum Gasteiger partial charge on any atom is 0.164 e. The Morgan fingerprint density at radius 1 is 1.50 bits per heavy atom. The molecule has 0 aliphatic rings. The van der Waals surface area contributed by atoms with Gasteiger partial charge in [0.25, 0.3) is 0 Å². The molecule has 0 bridgehead atoms. The number of carbonyl (C=O) groups excluding carboxylic acids is 1. The molecule has 4 heteroatoms. The molecule has 4 nitrogen and oxygen atoms in total. The molecule has 1 aromatic rings. The average Bonchev–Trinajstić information content (AvgIpc) is 2.59. The van der Waals surface area contributed by atoms with Crippen molar-refractivity contribution >= 4 is 5.78 Å². The monoisotopic (exact) mass is 224 g/mol. The fourth-order valence-corrected chi connectivity index (χ4v) is 1.60. The Hall–Kier alpha value is -1.16. The molecule has 0 spiro atoms. The second-order valence-electron chi connectivity index (χ2n) is 3.86. The van der Waals surface area contributed by atoms with Crippen molar-refractivity contribution in [1.29, 1.82) is 0 Å². The van der Waals surface area contributed by atoms with Crippen molar-refractivity contribution in [3.8, 4) is 0 Å². The smallest absolute Gasteiger partial charge is 0.164 e. The van der Waals surface area contributed by atoms with Gasteiger partial charge in [-0.3, -0.25) is 9.48 Å². The van der Waals surface area contributed by atoms with Crippen LogP contribution in [-0.4, -0.2) is 28.8 Å². The Morgan fingerprint density at radius 2 is 2.25 bits per heavy atom. The molecule has 0 aliphatic carbocycles. The van der Waals surface area contributed by atoms with Crippen molar-refractivity contribution in [1.82, 2.24) is 9.78 Å². The molecular formula is C12H20N2O2. The lowest BCUT2D eigenvalue weighted by molar-refractivity contribution is -0.123. The topological polar surface area (TPSA) is 44.1 Å². The first-order chi connectivity index (χ1) is 7.67. The molecule has 0 atom stereocenters. The van der Waals surface area contributed by atoms with E-state index in [2.05, 4.69) is 5.10 Å². The maximum absolute atomic E-state index is 11.6. The molecule has 0 N–H and O–H groups in total. The molecule has 0 amide bonds. The van der Waals surface area contributed by atoms with Crippen LogP contribution in [0.2, 0.25) is 0 Å². The Balaban J connectivity index is 2.48. The van der Waals surface area contributed by atoms with Crippen LogP contribution in [0.1, 0.15) is 31.7 Å². The summed E-state index contributed by atoms with van der Waals surface area (Å²) in [4.78, 5) is 11.6. The molecule has 0 radical (unpaired) electrons. The molecule has 0 unspecified atom stereocenters. The quantitative estimate of drug-likeness (QED) is 0.663. The molecule has 0 fully saturated rings. The number of Topliss-reactive ketones (excluding diaryl/α,β-unsaturated/α-hetero) is 1. The fraction of sp³-hybridized carbons (Fsp3) is 0.667. The molecule has 1 aromatic heterocycles. The lowest BCUT2D eigenvalue weighted by atomic mass is 10.2. The normalized spacial score (nSPS) is 10.7. The van der Waals surface area contributed by atoms with E-state index < -0.39 is 0 Å². The van der Waals surface area contributed by atoms with Gasteiger partial charge in [0.15, 0.2) is 5.78 Å². The molecule has 0 saturated heterocycles. The van der Waals surface area contributed by atoms with Crippen LogP contribution in [0.4, 0.5) is 0 Å². The third kappa shape index (κ3) is 3.77. The van der Waals surface area contributed by atoms with Gasteiger partial charge in [-0.05, 0) is 26.3 Å². The number of ether oxygens (including phenoxy) is 1. The predicted octanol–water partition coefficient (Wildman–Crippen LogP) is 1.75. The summed E-state index contributed by atoms with van der Waals surface area (Å²) in [6.07, 6.45) is 1.36. The number of hydrogen-bond acceptors (Lipinski definition) is 3. The van der Waals surface area contributed by atoms with Crippen LogP contribution in [-0.2, 0) is 22.5 Å². The molecule has 0 saturated carbocycles. The molecule has 0 aliphatic heterocycles. The standard InChI is InChI=1S/C12H20N2O2/c1-4-6-16-9-12(15)8-11-7-10(3)13-14(11)5-2/h7H,4-6,8-9H2,1-3H3. The van der Waals surface area contributed by atoms with Crippen LogP contribution < -0.4 is 0 Å². The first-order valence-corrected chi connectivity index (χ1v) is 5.80. The largest absolute Gasteiger partial charge is 0.374 e. The fourth-order valence-electron chi connectivity index (χ4n) is 1.60. The summed E-state index contributed by atoms with van der Waals surface area (Å²) in [6.45, 7) is 7.65. The van der Waals surface area contributed by atoms with E-state index in [0.717, 1.165) is 24.4 Å². The summed E-state index contributed by atoms with van der Waals surface area (Å²) in [5.41, 5.74) is 1.93. The van der Waals surface area contributed by atoms with Crippen molar-refractivity contribution in [2.24, 2.45) is 0 Å². The van der Waals surface area contributed by atoms with Crippen LogP contribution in [0.15, 0.2) is 6.07 Å². The van der Waals surface area contributed by atoms with Gasteiger partial charge in [0.1, 0.15) is 6.61 Å². The summed E-state index contributed by atoms with van der Waals surface area (Å²) >= 11 is 0. The lowest BCUT2D eigenvalue weighted by Crippen LogP contribution is -2.14. The summed E-state index contributed by atoms with van der Waals surface area (Å²) in [6, 6.07) is 1.96. The summed E-state index contributed by atoms with van der Waals surface area (Å²) < 4.78 is 7.09. The van der Waals surface area contributed by atoms with Crippen molar-refractivity contribution in [3.05, 3.63) is 17.5 Å². The summed E-state index contributed by atoms with van der Waals surface area (Å²) in [5, 5.41) is 4.30. The molecule has 1 rings (SSSR count). The van der Waals surface area contributed by atoms with Gasteiger partial charge in [-0.2, -0.15) is 5.10 Å². The number of carbonyl (C=O) groups is 1. The Labute approximate surface area is 96.6 Å². The van der Waals surface area contributed by atoms with E-state index in [9.17, 15) is 4.79 Å². The molecule has 1 heterocycles. The highest BCUT2D eigenvalue weighted by Crippen LogP contribution is 2.05. The number of ketones is 1. The van der Waals surface area contributed by atoms with Crippen molar-refractivity contribution in [2.75, 3.05) is 13.2 Å². The van der Waals surface area contributed by atoms with Crippen LogP contribution in [0.3, 0.4) is 0 Å². The van der Waals surface area contributed by atoms with E-state index >= 15 is 0 Å². The van der Waals surface area contributed by atoms with Gasteiger partial charge in [0.05, 0.1) is 12.1 Å². The molecule has 90 valence electrons. The second-order valence-corrected chi connectivity index (χ2v) is 3.86. The first-order valence-electron chi connectivity index (χ1n) is 5.80. The van der Waals surface area contributed by atoms with Gasteiger partial charge in [-0.15, -0.1) is 0 Å². The summed E-state index contributed by atoms with van der Waals surface area (Å²) in [7, 11) is 0. The third-order valence-electron chi connectivity index (χ3n) is 2.27. The Bertz CT molecular complexity index is 345. The third-order valence-corrected chi connectivity index (χ3v) is 2.27. The number of nitrogens with zero attached hydrogens (tertiary/aromatic N) is 2. The van der Waals surface area contributed by atoms with Gasteiger partial charge in [-0.1, -0.05) is 6.92 Å². The van der Waals surface area contributed by atoms with Crippen LogP contribution in [0, 0.1) is 6.92 Å². The van der Waals surface area contributed by atoms with E-state index in [1.807, 2.05) is 31.5 Å². The average molecular weight is 224 g/mol. The zero-order valence-corrected chi connectivity index (χ0v) is 10.3. The van der Waals surface area contributed by atoms with Gasteiger partial charge >= 0.3 is 0 Å². The minimum Gasteiger partial charge on any atom is -0.374 e. The number of aromatic nitrogens is 2. The van der Waals surface area contributed by atoms with Gasteiger partial charge < -0.3 is 4.74 Å². The minimum absolute atomic E-state index is 0.114. The maximum atomic E-state index is 11.6. The number of hydrogen-bond donors (Lipinski definition) is 0. The van der Waals surface area contributed by atoms with E-state index in [1.54, 1.807) is 0 Å². The van der Waals surface area contributed by atoms with E-state index in [4.69, 9.17) is 4.74 Å². The highest BCUT2D eigenvalue weighted by molar-refractivity contribution is 5.81. The molecular weight excluding hydrogens is 204 g/mol. The highest BCUT2D eigenvalue weighted by atomic mass is 16.5. The van der Waals surface area contributed by atoms with Crippen LogP contribution in [0.5, 0.6) is 0 Å². The zero-order chi connectivity index (χ0) is 12.0. The van der Waals surface area contributed by atoms with Crippen molar-refractivity contribution < 1.29 is 9.53 Å². The SMILES string of the molecule is CCCOCC(=O)Cc1cc(C)nn1CC. The first kappa shape index (κ1) is 12.9. The van der Waals surface area contributed by atoms with E-state index in [1.165, 1.54) is 0 Å². The van der Waals surface area contributed by atoms with Gasteiger partial charge in [0.2, 0.25) is 0 Å². The highest BCUT2D eigenvalue weighted by Gasteiger charge is 2.09. The van der Waals surface area contributed by atoms with E-state index in [0.29, 0.717) is 13.0 Å². The Kier molecular flexibility index (Phi) is 5.19. The van der Waals surface area contributed by atoms with Gasteiger partial charge in [0, 0.05) is 18.8 Å². The van der Waals surface area contributed by atoms with Crippen molar-refractivity contribution in [3.63, 3.8) is 0 Å². The number of rotatable bonds is 7. The van der Waals surface area contributed by atoms with Crippen molar-refractivity contribution in [2.45, 2.75) is 40.2 Å². The lowest BCUT2D eigenvalue weighted by Gasteiger charge is -2.04. The Morgan fingerprint density at radius 3 is 2.88 bits per heavy atom. The van der Waals surface area contributed by atoms with E-state index in [-0.39, 0.29) is 12.4 Å². The van der Waals surface area contributed by atoms with Crippen LogP contribution in [0.25, 0.3) is 0 Å². The minimum atomic E-state index is 0.114. The predicted molar refractivity (Wildman–Crippen MR) is 62.5 cm³/mol. The number of aryl methyl sites for hydroxylation is 2.